The van der Waals surface area contributed by atoms with Crippen molar-refractivity contribution in [3.05, 3.63) is 58.9 Å². The molecule has 136 valence electrons. The highest BCUT2D eigenvalue weighted by Crippen LogP contribution is 2.21. The Hall–Kier alpha value is -1.74. The lowest BCUT2D eigenvalue weighted by Gasteiger charge is -2.27. The van der Waals surface area contributed by atoms with Gasteiger partial charge in [-0.15, -0.1) is 0 Å². The van der Waals surface area contributed by atoms with Gasteiger partial charge in [0, 0.05) is 36.4 Å². The molecule has 0 aliphatic rings. The normalized spacial score (nSPS) is 11.6. The monoisotopic (exact) mass is 360 g/mol. The van der Waals surface area contributed by atoms with E-state index in [-0.39, 0.29) is 11.3 Å². The highest BCUT2D eigenvalue weighted by atomic mass is 35.5. The first-order valence-corrected chi connectivity index (χ1v) is 9.32. The zero-order valence-electron chi connectivity index (χ0n) is 15.8. The topological polar surface area (TPSA) is 25.2 Å². The summed E-state index contributed by atoms with van der Waals surface area (Å²) in [7, 11) is 0. The second-order valence-electron chi connectivity index (χ2n) is 7.81. The van der Waals surface area contributed by atoms with Crippen LogP contribution in [-0.2, 0) is 17.9 Å². The molecule has 0 N–H and O–H groups in total. The molecule has 2 aromatic rings. The van der Waals surface area contributed by atoms with Crippen LogP contribution >= 0.6 is 11.6 Å². The quantitative estimate of drug-likeness (QED) is 0.652. The molecule has 0 atom stereocenters. The van der Waals surface area contributed by atoms with Crippen molar-refractivity contribution < 1.29 is 4.79 Å². The van der Waals surface area contributed by atoms with Crippen molar-refractivity contribution in [2.75, 3.05) is 6.54 Å². The first-order valence-electron chi connectivity index (χ1n) is 8.95. The van der Waals surface area contributed by atoms with Gasteiger partial charge < -0.3 is 9.47 Å². The molecule has 0 fully saturated rings. The van der Waals surface area contributed by atoms with E-state index in [2.05, 4.69) is 50.6 Å². The molecule has 3 nitrogen and oxygen atoms in total. The molecule has 0 saturated heterocycles. The van der Waals surface area contributed by atoms with E-state index in [4.69, 9.17) is 11.6 Å². The fourth-order valence-corrected chi connectivity index (χ4v) is 3.12. The van der Waals surface area contributed by atoms with Gasteiger partial charge in [0.05, 0.1) is 6.54 Å². The molecular weight excluding hydrogens is 332 g/mol. The second-order valence-corrected chi connectivity index (χ2v) is 8.25. The van der Waals surface area contributed by atoms with Crippen LogP contribution in [0.25, 0.3) is 0 Å². The predicted molar refractivity (Wildman–Crippen MR) is 105 cm³/mol. The minimum absolute atomic E-state index is 0.00581. The molecule has 25 heavy (non-hydrogen) atoms. The van der Waals surface area contributed by atoms with E-state index in [0.29, 0.717) is 13.0 Å². The summed E-state index contributed by atoms with van der Waals surface area (Å²) in [5.41, 5.74) is 2.31. The Balaban J connectivity index is 2.12. The van der Waals surface area contributed by atoms with Crippen molar-refractivity contribution in [3.63, 3.8) is 0 Å². The van der Waals surface area contributed by atoms with Gasteiger partial charge >= 0.3 is 0 Å². The number of carbonyl (C=O) groups excluding carboxylic acids is 1. The third-order valence-electron chi connectivity index (χ3n) is 4.05. The Kier molecular flexibility index (Phi) is 6.71. The van der Waals surface area contributed by atoms with Gasteiger partial charge in [0.2, 0.25) is 5.91 Å². The largest absolute Gasteiger partial charge is 0.345 e. The predicted octanol–water partition coefficient (Wildman–Crippen LogP) is 5.36. The maximum atomic E-state index is 12.7. The molecule has 0 radical (unpaired) electrons. The van der Waals surface area contributed by atoms with Crippen molar-refractivity contribution in [1.82, 2.24) is 9.47 Å². The summed E-state index contributed by atoms with van der Waals surface area (Å²) in [6, 6.07) is 12.0. The second kappa shape index (κ2) is 8.57. The Morgan fingerprint density at radius 2 is 1.96 bits per heavy atom. The Bertz CT molecular complexity index is 700. The summed E-state index contributed by atoms with van der Waals surface area (Å²) >= 11 is 6.09. The summed E-state index contributed by atoms with van der Waals surface area (Å²) < 4.78 is 2.19. The fraction of sp³-hybridized carbons (Fsp3) is 0.476. The lowest BCUT2D eigenvalue weighted by molar-refractivity contribution is -0.133. The van der Waals surface area contributed by atoms with E-state index in [0.717, 1.165) is 35.8 Å². The Labute approximate surface area is 156 Å². The molecule has 0 spiro atoms. The number of halogens is 1. The van der Waals surface area contributed by atoms with Gasteiger partial charge in [-0.3, -0.25) is 4.79 Å². The number of carbonyl (C=O) groups is 1. The van der Waals surface area contributed by atoms with Crippen LogP contribution in [0.15, 0.2) is 42.6 Å². The van der Waals surface area contributed by atoms with Gasteiger partial charge in [0.15, 0.2) is 0 Å². The highest BCUT2D eigenvalue weighted by Gasteiger charge is 2.21. The van der Waals surface area contributed by atoms with Gasteiger partial charge in [-0.1, -0.05) is 51.4 Å². The molecule has 4 heteroatoms. The SMILES string of the molecule is CCCN(Cc1cccn1Cc1cccc(Cl)c1)C(=O)CC(C)(C)C. The van der Waals surface area contributed by atoms with Crippen LogP contribution in [0.4, 0.5) is 0 Å². The summed E-state index contributed by atoms with van der Waals surface area (Å²) in [6.07, 6.45) is 3.60. The minimum atomic E-state index is 0.00581. The number of benzene rings is 1. The average Bonchev–Trinajstić information content (AvgIpc) is 2.92. The van der Waals surface area contributed by atoms with E-state index in [1.165, 1.54) is 0 Å². The first-order chi connectivity index (χ1) is 11.8. The molecular formula is C21H29ClN2O. The van der Waals surface area contributed by atoms with E-state index in [9.17, 15) is 4.79 Å². The molecule has 1 heterocycles. The summed E-state index contributed by atoms with van der Waals surface area (Å²) in [5.74, 6) is 0.227. The van der Waals surface area contributed by atoms with Crippen molar-refractivity contribution in [3.8, 4) is 0 Å². The first kappa shape index (κ1) is 19.6. The van der Waals surface area contributed by atoms with Gasteiger partial charge in [-0.25, -0.2) is 0 Å². The maximum absolute atomic E-state index is 12.7. The Morgan fingerprint density at radius 3 is 2.60 bits per heavy atom. The van der Waals surface area contributed by atoms with Gasteiger partial charge in [0.1, 0.15) is 0 Å². The smallest absolute Gasteiger partial charge is 0.223 e. The van der Waals surface area contributed by atoms with Crippen molar-refractivity contribution in [2.24, 2.45) is 5.41 Å². The van der Waals surface area contributed by atoms with Gasteiger partial charge in [-0.05, 0) is 41.7 Å². The zero-order chi connectivity index (χ0) is 18.4. The number of aromatic nitrogens is 1. The molecule has 0 saturated carbocycles. The standard InChI is InChI=1S/C21H29ClN2O/c1-5-11-24(20(25)14-21(2,3)4)16-19-10-7-12-23(19)15-17-8-6-9-18(22)13-17/h6-10,12-13H,5,11,14-16H2,1-4H3. The van der Waals surface area contributed by atoms with E-state index >= 15 is 0 Å². The summed E-state index contributed by atoms with van der Waals surface area (Å²) in [5, 5.41) is 0.749. The van der Waals surface area contributed by atoms with Gasteiger partial charge in [0.25, 0.3) is 0 Å². The lowest BCUT2D eigenvalue weighted by Crippen LogP contribution is -2.34. The lowest BCUT2D eigenvalue weighted by atomic mass is 9.91. The van der Waals surface area contributed by atoms with Crippen LogP contribution < -0.4 is 0 Å². The average molecular weight is 361 g/mol. The molecule has 1 aromatic carbocycles. The molecule has 0 aliphatic carbocycles. The van der Waals surface area contributed by atoms with Crippen LogP contribution in [0.1, 0.15) is 51.8 Å². The molecule has 1 aromatic heterocycles. The van der Waals surface area contributed by atoms with E-state index in [1.807, 2.05) is 29.2 Å². The van der Waals surface area contributed by atoms with Crippen LogP contribution in [0.5, 0.6) is 0 Å². The molecule has 2 rings (SSSR count). The zero-order valence-corrected chi connectivity index (χ0v) is 16.5. The van der Waals surface area contributed by atoms with Crippen LogP contribution in [0, 0.1) is 5.41 Å². The van der Waals surface area contributed by atoms with Crippen molar-refractivity contribution >= 4 is 17.5 Å². The van der Waals surface area contributed by atoms with Gasteiger partial charge in [-0.2, -0.15) is 0 Å². The van der Waals surface area contributed by atoms with Crippen molar-refractivity contribution in [1.29, 1.82) is 0 Å². The van der Waals surface area contributed by atoms with E-state index in [1.54, 1.807) is 0 Å². The third-order valence-corrected chi connectivity index (χ3v) is 4.28. The minimum Gasteiger partial charge on any atom is -0.345 e. The molecule has 1 amide bonds. The van der Waals surface area contributed by atoms with Crippen LogP contribution in [-0.4, -0.2) is 21.9 Å². The number of hydrogen-bond donors (Lipinski definition) is 0. The fourth-order valence-electron chi connectivity index (χ4n) is 2.90. The molecule has 0 aliphatic heterocycles. The third kappa shape index (κ3) is 6.24. The number of rotatable bonds is 7. The summed E-state index contributed by atoms with van der Waals surface area (Å²) in [6.45, 7) is 10.6. The van der Waals surface area contributed by atoms with E-state index < -0.39 is 0 Å². The number of amides is 1. The maximum Gasteiger partial charge on any atom is 0.223 e. The highest BCUT2D eigenvalue weighted by molar-refractivity contribution is 6.30. The number of hydrogen-bond acceptors (Lipinski definition) is 1. The van der Waals surface area contributed by atoms with Crippen LogP contribution in [0.3, 0.4) is 0 Å². The number of nitrogens with zero attached hydrogens (tertiary/aromatic N) is 2. The molecule has 0 bridgehead atoms. The van der Waals surface area contributed by atoms with Crippen LogP contribution in [0.2, 0.25) is 5.02 Å². The summed E-state index contributed by atoms with van der Waals surface area (Å²) in [4.78, 5) is 14.7. The molecule has 0 unspecified atom stereocenters. The van der Waals surface area contributed by atoms with Crippen molar-refractivity contribution in [2.45, 2.75) is 53.6 Å². The Morgan fingerprint density at radius 1 is 1.20 bits per heavy atom.